The first-order chi connectivity index (χ1) is 12.2. The van der Waals surface area contributed by atoms with Gasteiger partial charge in [0.2, 0.25) is 5.91 Å². The van der Waals surface area contributed by atoms with Crippen molar-refractivity contribution < 1.29 is 9.90 Å². The van der Waals surface area contributed by atoms with Crippen molar-refractivity contribution in [1.29, 1.82) is 5.26 Å². The van der Waals surface area contributed by atoms with Gasteiger partial charge in [-0.2, -0.15) is 5.26 Å². The average Bonchev–Trinajstić information content (AvgIpc) is 2.63. The Morgan fingerprint density at radius 3 is 2.80 bits per heavy atom. The van der Waals surface area contributed by atoms with Crippen LogP contribution in [0.3, 0.4) is 0 Å². The summed E-state index contributed by atoms with van der Waals surface area (Å²) in [6.07, 6.45) is 8.27. The SMILES string of the molecule is N#Cc1cc(NC(=O)CC2=CCCCC2)ccc1N1CCC(O)CC1. The number of carbonyl (C=O) groups excluding carboxylic acids is 1. The highest BCUT2D eigenvalue weighted by Gasteiger charge is 2.20. The zero-order valence-electron chi connectivity index (χ0n) is 14.5. The Hall–Kier alpha value is -2.32. The van der Waals surface area contributed by atoms with Crippen LogP contribution in [0.5, 0.6) is 0 Å². The number of hydrogen-bond donors (Lipinski definition) is 2. The minimum Gasteiger partial charge on any atom is -0.393 e. The molecule has 1 saturated heterocycles. The van der Waals surface area contributed by atoms with E-state index in [1.54, 1.807) is 6.07 Å². The van der Waals surface area contributed by atoms with Gasteiger partial charge in [-0.3, -0.25) is 4.79 Å². The molecule has 1 aliphatic carbocycles. The van der Waals surface area contributed by atoms with E-state index in [1.807, 2.05) is 12.1 Å². The van der Waals surface area contributed by atoms with Gasteiger partial charge in [0.25, 0.3) is 0 Å². The lowest BCUT2D eigenvalue weighted by atomic mass is 9.97. The fourth-order valence-electron chi connectivity index (χ4n) is 3.56. The van der Waals surface area contributed by atoms with Crippen molar-refractivity contribution in [3.05, 3.63) is 35.4 Å². The topological polar surface area (TPSA) is 76.4 Å². The lowest BCUT2D eigenvalue weighted by Gasteiger charge is -2.32. The molecule has 1 aliphatic heterocycles. The standard InChI is InChI=1S/C20H25N3O2/c21-14-16-13-17(22-20(25)12-15-4-2-1-3-5-15)6-7-19(16)23-10-8-18(24)9-11-23/h4,6-7,13,18,24H,1-3,5,8-12H2,(H,22,25). The van der Waals surface area contributed by atoms with E-state index in [-0.39, 0.29) is 12.0 Å². The molecule has 25 heavy (non-hydrogen) atoms. The molecule has 132 valence electrons. The van der Waals surface area contributed by atoms with E-state index in [0.717, 1.165) is 50.9 Å². The molecule has 0 aromatic heterocycles. The molecule has 1 heterocycles. The van der Waals surface area contributed by atoms with Crippen LogP contribution in [0.1, 0.15) is 50.5 Å². The van der Waals surface area contributed by atoms with Crippen LogP contribution in [0.25, 0.3) is 0 Å². The number of piperidine rings is 1. The van der Waals surface area contributed by atoms with Crippen molar-refractivity contribution in [1.82, 2.24) is 0 Å². The van der Waals surface area contributed by atoms with Crippen LogP contribution in [0.2, 0.25) is 0 Å². The number of rotatable bonds is 4. The highest BCUT2D eigenvalue weighted by Crippen LogP contribution is 2.27. The number of carbonyl (C=O) groups is 1. The monoisotopic (exact) mass is 339 g/mol. The zero-order chi connectivity index (χ0) is 17.6. The molecule has 5 heteroatoms. The van der Waals surface area contributed by atoms with Gasteiger partial charge in [-0.15, -0.1) is 0 Å². The Balaban J connectivity index is 1.66. The summed E-state index contributed by atoms with van der Waals surface area (Å²) < 4.78 is 0. The Bertz CT molecular complexity index is 697. The third-order valence-electron chi connectivity index (χ3n) is 4.98. The van der Waals surface area contributed by atoms with Gasteiger partial charge in [0.05, 0.1) is 17.4 Å². The second-order valence-electron chi connectivity index (χ2n) is 6.90. The largest absolute Gasteiger partial charge is 0.393 e. The second kappa shape index (κ2) is 8.17. The fraction of sp³-hybridized carbons (Fsp3) is 0.500. The molecule has 1 amide bonds. The molecule has 0 unspecified atom stereocenters. The van der Waals surface area contributed by atoms with E-state index in [4.69, 9.17) is 0 Å². The number of anilines is 2. The van der Waals surface area contributed by atoms with Gasteiger partial charge < -0.3 is 15.3 Å². The summed E-state index contributed by atoms with van der Waals surface area (Å²) in [5.74, 6) is -0.0223. The molecular weight excluding hydrogens is 314 g/mol. The number of aliphatic hydroxyl groups excluding tert-OH is 1. The molecule has 2 N–H and O–H groups in total. The van der Waals surface area contributed by atoms with E-state index in [1.165, 1.54) is 12.0 Å². The third kappa shape index (κ3) is 4.61. The summed E-state index contributed by atoms with van der Waals surface area (Å²) in [5, 5.41) is 22.0. The molecule has 5 nitrogen and oxygen atoms in total. The number of nitrogens with one attached hydrogen (secondary N) is 1. The van der Waals surface area contributed by atoms with E-state index in [9.17, 15) is 15.2 Å². The van der Waals surface area contributed by atoms with Crippen LogP contribution < -0.4 is 10.2 Å². The van der Waals surface area contributed by atoms with Crippen LogP contribution in [0, 0.1) is 11.3 Å². The number of benzene rings is 1. The van der Waals surface area contributed by atoms with E-state index in [0.29, 0.717) is 17.7 Å². The molecule has 0 bridgehead atoms. The predicted molar refractivity (Wildman–Crippen MR) is 98.4 cm³/mol. The fourth-order valence-corrected chi connectivity index (χ4v) is 3.56. The van der Waals surface area contributed by atoms with Gasteiger partial charge in [0.1, 0.15) is 6.07 Å². The number of allylic oxidation sites excluding steroid dienone is 1. The van der Waals surface area contributed by atoms with Crippen LogP contribution in [-0.4, -0.2) is 30.2 Å². The molecule has 0 radical (unpaired) electrons. The summed E-state index contributed by atoms with van der Waals surface area (Å²) in [6.45, 7) is 1.49. The van der Waals surface area contributed by atoms with Crippen molar-refractivity contribution in [2.75, 3.05) is 23.3 Å². The van der Waals surface area contributed by atoms with Gasteiger partial charge in [0, 0.05) is 25.2 Å². The van der Waals surface area contributed by atoms with Gasteiger partial charge in [0.15, 0.2) is 0 Å². The molecule has 2 aliphatic rings. The second-order valence-corrected chi connectivity index (χ2v) is 6.90. The predicted octanol–water partition coefficient (Wildman–Crippen LogP) is 3.35. The van der Waals surface area contributed by atoms with E-state index >= 15 is 0 Å². The molecule has 3 rings (SSSR count). The summed E-state index contributed by atoms with van der Waals surface area (Å²) >= 11 is 0. The molecule has 1 aromatic carbocycles. The normalized spacial score (nSPS) is 18.4. The van der Waals surface area contributed by atoms with Crippen LogP contribution in [-0.2, 0) is 4.79 Å². The van der Waals surface area contributed by atoms with Crippen molar-refractivity contribution in [3.8, 4) is 6.07 Å². The molecule has 1 aromatic rings. The first-order valence-electron chi connectivity index (χ1n) is 9.10. The maximum absolute atomic E-state index is 12.2. The van der Waals surface area contributed by atoms with Gasteiger partial charge in [-0.05, 0) is 56.7 Å². The number of amides is 1. The van der Waals surface area contributed by atoms with E-state index < -0.39 is 0 Å². The van der Waals surface area contributed by atoms with Gasteiger partial charge in [-0.25, -0.2) is 0 Å². The Morgan fingerprint density at radius 2 is 2.12 bits per heavy atom. The summed E-state index contributed by atoms with van der Waals surface area (Å²) in [5.41, 5.74) is 3.32. The quantitative estimate of drug-likeness (QED) is 0.825. The molecule has 0 atom stereocenters. The molecule has 0 spiro atoms. The van der Waals surface area contributed by atoms with Crippen LogP contribution >= 0.6 is 0 Å². The molecule has 1 fully saturated rings. The smallest absolute Gasteiger partial charge is 0.228 e. The Morgan fingerprint density at radius 1 is 1.32 bits per heavy atom. The number of aliphatic hydroxyl groups is 1. The van der Waals surface area contributed by atoms with Gasteiger partial charge >= 0.3 is 0 Å². The van der Waals surface area contributed by atoms with Gasteiger partial charge in [-0.1, -0.05) is 11.6 Å². The first-order valence-corrected chi connectivity index (χ1v) is 9.10. The molecular formula is C20H25N3O2. The number of nitriles is 1. The zero-order valence-corrected chi connectivity index (χ0v) is 14.5. The highest BCUT2D eigenvalue weighted by molar-refractivity contribution is 5.92. The Labute approximate surface area is 148 Å². The minimum absolute atomic E-state index is 0.0223. The lowest BCUT2D eigenvalue weighted by molar-refractivity contribution is -0.115. The number of nitrogens with zero attached hydrogens (tertiary/aromatic N) is 2. The lowest BCUT2D eigenvalue weighted by Crippen LogP contribution is -2.36. The summed E-state index contributed by atoms with van der Waals surface area (Å²) in [6, 6.07) is 7.73. The maximum Gasteiger partial charge on any atom is 0.228 e. The highest BCUT2D eigenvalue weighted by atomic mass is 16.3. The van der Waals surface area contributed by atoms with Crippen molar-refractivity contribution in [2.24, 2.45) is 0 Å². The summed E-state index contributed by atoms with van der Waals surface area (Å²) in [4.78, 5) is 14.4. The average molecular weight is 339 g/mol. The maximum atomic E-state index is 12.2. The summed E-state index contributed by atoms with van der Waals surface area (Å²) in [7, 11) is 0. The van der Waals surface area contributed by atoms with Crippen LogP contribution in [0.15, 0.2) is 29.8 Å². The minimum atomic E-state index is -0.241. The number of hydrogen-bond acceptors (Lipinski definition) is 4. The molecule has 0 saturated carbocycles. The van der Waals surface area contributed by atoms with Crippen molar-refractivity contribution in [2.45, 2.75) is 51.0 Å². The van der Waals surface area contributed by atoms with Crippen molar-refractivity contribution in [3.63, 3.8) is 0 Å². The van der Waals surface area contributed by atoms with Crippen LogP contribution in [0.4, 0.5) is 11.4 Å². The Kier molecular flexibility index (Phi) is 5.72. The third-order valence-corrected chi connectivity index (χ3v) is 4.98. The first kappa shape index (κ1) is 17.5. The van der Waals surface area contributed by atoms with E-state index in [2.05, 4.69) is 22.4 Å². The van der Waals surface area contributed by atoms with Crippen molar-refractivity contribution >= 4 is 17.3 Å².